The van der Waals surface area contributed by atoms with E-state index in [2.05, 4.69) is 20.8 Å². The molecule has 2 saturated carbocycles. The van der Waals surface area contributed by atoms with Crippen LogP contribution < -0.4 is 0 Å². The Bertz CT molecular complexity index is 1200. The van der Waals surface area contributed by atoms with Crippen molar-refractivity contribution in [1.29, 1.82) is 0 Å². The fraction of sp³-hybridized carbons (Fsp3) is 0.816. The Morgan fingerprint density at radius 1 is 0.978 bits per heavy atom. The van der Waals surface area contributed by atoms with Gasteiger partial charge < -0.3 is 19.7 Å². The summed E-state index contributed by atoms with van der Waals surface area (Å²) in [5, 5.41) is 24.5. The van der Waals surface area contributed by atoms with Gasteiger partial charge in [-0.2, -0.15) is 0 Å². The summed E-state index contributed by atoms with van der Waals surface area (Å²) in [6, 6.07) is 0. The number of hydrogen-bond donors (Lipinski definition) is 2. The number of aliphatic hydroxyl groups excluding tert-OH is 1. The van der Waals surface area contributed by atoms with Crippen molar-refractivity contribution >= 4 is 17.7 Å². The fourth-order valence-corrected chi connectivity index (χ4v) is 9.20. The van der Waals surface area contributed by atoms with Crippen LogP contribution in [-0.4, -0.2) is 51.3 Å². The first kappa shape index (κ1) is 35.9. The minimum atomic E-state index is -2.09. The van der Waals surface area contributed by atoms with Gasteiger partial charge >= 0.3 is 11.9 Å². The number of carbonyl (C=O) groups excluding carboxylic acids is 3. The van der Waals surface area contributed by atoms with Crippen molar-refractivity contribution in [3.8, 4) is 0 Å². The molecule has 0 aromatic rings. The molecule has 0 amide bonds. The molecule has 0 aliphatic heterocycles. The fourth-order valence-electron chi connectivity index (χ4n) is 9.20. The van der Waals surface area contributed by atoms with Crippen molar-refractivity contribution in [2.24, 2.45) is 40.4 Å². The van der Waals surface area contributed by atoms with E-state index in [0.29, 0.717) is 24.0 Å². The van der Waals surface area contributed by atoms with Gasteiger partial charge in [-0.1, -0.05) is 112 Å². The highest BCUT2D eigenvalue weighted by molar-refractivity contribution is 5.96. The summed E-state index contributed by atoms with van der Waals surface area (Å²) >= 11 is 0. The number of carbonyl (C=O) groups is 3. The maximum absolute atomic E-state index is 14.8. The van der Waals surface area contributed by atoms with Gasteiger partial charge in [0.2, 0.25) is 0 Å². The monoisotopic (exact) mass is 628 g/mol. The van der Waals surface area contributed by atoms with Crippen LogP contribution in [0.4, 0.5) is 0 Å². The minimum Gasteiger partial charge on any atom is -0.458 e. The maximum Gasteiger partial charge on any atom is 0.309 e. The van der Waals surface area contributed by atoms with E-state index in [9.17, 15) is 24.6 Å². The smallest absolute Gasteiger partial charge is 0.309 e. The van der Waals surface area contributed by atoms with Crippen LogP contribution in [0.25, 0.3) is 0 Å². The third-order valence-corrected chi connectivity index (χ3v) is 12.4. The molecule has 1 spiro atoms. The van der Waals surface area contributed by atoms with Crippen LogP contribution in [0.5, 0.6) is 0 Å². The van der Waals surface area contributed by atoms with E-state index in [1.54, 1.807) is 32.9 Å². The predicted octanol–water partition coefficient (Wildman–Crippen LogP) is 7.27. The van der Waals surface area contributed by atoms with Crippen LogP contribution in [0.1, 0.15) is 133 Å². The topological polar surface area (TPSA) is 110 Å². The molecule has 9 unspecified atom stereocenters. The number of allylic oxidation sites excluding steroid dienone is 1. The van der Waals surface area contributed by atoms with Crippen LogP contribution in [0, 0.1) is 40.4 Å². The number of ketones is 1. The van der Waals surface area contributed by atoms with Crippen molar-refractivity contribution in [3.05, 3.63) is 23.3 Å². The van der Waals surface area contributed by atoms with Gasteiger partial charge in [-0.05, 0) is 49.7 Å². The number of fused-ring (bicyclic) bond motifs is 3. The highest BCUT2D eigenvalue weighted by Gasteiger charge is 2.83. The van der Waals surface area contributed by atoms with E-state index in [-0.39, 0.29) is 23.6 Å². The molecular weight excluding hydrogens is 568 g/mol. The van der Waals surface area contributed by atoms with E-state index < -0.39 is 58.0 Å². The normalized spacial score (nSPS) is 37.1. The highest BCUT2D eigenvalue weighted by atomic mass is 16.6. The van der Waals surface area contributed by atoms with E-state index in [4.69, 9.17) is 9.47 Å². The van der Waals surface area contributed by atoms with Gasteiger partial charge in [0.15, 0.2) is 17.5 Å². The third kappa shape index (κ3) is 5.76. The number of ether oxygens (including phenoxy) is 2. The van der Waals surface area contributed by atoms with Crippen molar-refractivity contribution in [3.63, 3.8) is 0 Å². The first-order valence-corrected chi connectivity index (χ1v) is 17.8. The molecule has 0 aromatic carbocycles. The summed E-state index contributed by atoms with van der Waals surface area (Å²) in [4.78, 5) is 41.4. The van der Waals surface area contributed by atoms with Crippen LogP contribution in [-0.2, 0) is 23.9 Å². The molecule has 2 bridgehead atoms. The Hall–Kier alpha value is -1.99. The van der Waals surface area contributed by atoms with E-state index in [1.807, 2.05) is 20.8 Å². The largest absolute Gasteiger partial charge is 0.458 e. The number of esters is 2. The molecule has 7 heteroatoms. The summed E-state index contributed by atoms with van der Waals surface area (Å²) in [7, 11) is 0. The SMILES string of the molecule is CCCCCCCCCCCC(=O)OC12CC(C)C34C=C(C)C(OC(=O)C(C)C(C)C)C3(O)C(O)C(C)=CC(C4=O)C1C2(C)C. The Labute approximate surface area is 271 Å². The molecule has 4 rings (SSSR count). The summed E-state index contributed by atoms with van der Waals surface area (Å²) < 4.78 is 12.4. The summed E-state index contributed by atoms with van der Waals surface area (Å²) in [6.07, 6.45) is 12.1. The van der Waals surface area contributed by atoms with Gasteiger partial charge in [0.25, 0.3) is 0 Å². The first-order chi connectivity index (χ1) is 21.0. The molecular formula is C38H60O7. The first-order valence-electron chi connectivity index (χ1n) is 17.8. The maximum atomic E-state index is 14.8. The Morgan fingerprint density at radius 2 is 1.56 bits per heavy atom. The van der Waals surface area contributed by atoms with Gasteiger partial charge in [-0.25, -0.2) is 0 Å². The molecule has 254 valence electrons. The van der Waals surface area contributed by atoms with Gasteiger partial charge in [0.05, 0.1) is 11.3 Å². The average Bonchev–Trinajstić information content (AvgIpc) is 3.37. The third-order valence-electron chi connectivity index (χ3n) is 12.4. The Balaban J connectivity index is 1.57. The molecule has 2 N–H and O–H groups in total. The standard InChI is InChI=1S/C38H60O7/c1-10-11-12-13-14-15-16-17-18-19-29(39)45-37-22-26(6)36-21-25(5)33(44-34(42)27(7)23(2)3)38(36,43)31(40)24(4)20-28(32(36)41)30(37)35(37,8)9/h20-21,23,26-28,30-31,33,40,43H,10-19,22H2,1-9H3. The van der Waals surface area contributed by atoms with Gasteiger partial charge in [-0.3, -0.25) is 14.4 Å². The molecule has 2 fully saturated rings. The van der Waals surface area contributed by atoms with Crippen LogP contribution in [0.2, 0.25) is 0 Å². The molecule has 0 aromatic heterocycles. The average molecular weight is 629 g/mol. The number of hydrogen-bond acceptors (Lipinski definition) is 7. The summed E-state index contributed by atoms with van der Waals surface area (Å²) in [5.41, 5.74) is -3.90. The van der Waals surface area contributed by atoms with Crippen LogP contribution in [0.3, 0.4) is 0 Å². The molecule has 4 aliphatic carbocycles. The second kappa shape index (κ2) is 13.3. The van der Waals surface area contributed by atoms with Crippen LogP contribution >= 0.6 is 0 Å². The molecule has 0 saturated heterocycles. The lowest BCUT2D eigenvalue weighted by molar-refractivity contribution is -0.206. The van der Waals surface area contributed by atoms with E-state index >= 15 is 0 Å². The molecule has 9 atom stereocenters. The number of aliphatic hydroxyl groups is 2. The predicted molar refractivity (Wildman–Crippen MR) is 175 cm³/mol. The second-order valence-corrected chi connectivity index (χ2v) is 15.9. The Morgan fingerprint density at radius 3 is 2.13 bits per heavy atom. The van der Waals surface area contributed by atoms with Gasteiger partial charge in [-0.15, -0.1) is 0 Å². The lowest BCUT2D eigenvalue weighted by Gasteiger charge is -2.49. The van der Waals surface area contributed by atoms with Crippen molar-refractivity contribution in [2.75, 3.05) is 0 Å². The molecule has 0 radical (unpaired) electrons. The van der Waals surface area contributed by atoms with Crippen molar-refractivity contribution < 1.29 is 34.1 Å². The van der Waals surface area contributed by atoms with Gasteiger partial charge in [0, 0.05) is 23.7 Å². The zero-order valence-corrected chi connectivity index (χ0v) is 29.4. The van der Waals surface area contributed by atoms with Gasteiger partial charge in [0.1, 0.15) is 11.7 Å². The zero-order chi connectivity index (χ0) is 33.5. The second-order valence-electron chi connectivity index (χ2n) is 15.9. The highest BCUT2D eigenvalue weighted by Crippen LogP contribution is 2.75. The molecule has 45 heavy (non-hydrogen) atoms. The van der Waals surface area contributed by atoms with Crippen molar-refractivity contribution in [2.45, 2.75) is 156 Å². The quantitative estimate of drug-likeness (QED) is 0.118. The minimum absolute atomic E-state index is 0.0229. The molecule has 0 heterocycles. The van der Waals surface area contributed by atoms with E-state index in [0.717, 1.165) is 19.3 Å². The number of unbranched alkanes of at least 4 members (excludes halogenated alkanes) is 8. The lowest BCUT2D eigenvalue weighted by Crippen LogP contribution is -2.65. The lowest BCUT2D eigenvalue weighted by atomic mass is 9.59. The summed E-state index contributed by atoms with van der Waals surface area (Å²) in [5.74, 6) is -2.75. The molecule has 7 nitrogen and oxygen atoms in total. The number of rotatable bonds is 14. The van der Waals surface area contributed by atoms with Crippen molar-refractivity contribution in [1.82, 2.24) is 0 Å². The van der Waals surface area contributed by atoms with E-state index in [1.165, 1.54) is 38.5 Å². The Kier molecular flexibility index (Phi) is 10.6. The van der Waals surface area contributed by atoms with Crippen LogP contribution in [0.15, 0.2) is 23.3 Å². The number of Topliss-reactive ketones (excluding diaryl/α,β-unsaturated/α-hetero) is 1. The summed E-state index contributed by atoms with van der Waals surface area (Å²) in [6.45, 7) is 17.4. The zero-order valence-electron chi connectivity index (χ0n) is 29.4. The molecule has 4 aliphatic rings.